The van der Waals surface area contributed by atoms with Gasteiger partial charge < -0.3 is 5.73 Å². The van der Waals surface area contributed by atoms with Crippen LogP contribution in [0.3, 0.4) is 0 Å². The summed E-state index contributed by atoms with van der Waals surface area (Å²) in [6.45, 7) is 0. The Kier molecular flexibility index (Phi) is 3.00. The van der Waals surface area contributed by atoms with E-state index in [4.69, 9.17) is 5.73 Å². The zero-order valence-electron chi connectivity index (χ0n) is 9.04. The number of hydrogen-bond donors (Lipinski definition) is 1. The minimum Gasteiger partial charge on any atom is -0.369 e. The van der Waals surface area contributed by atoms with Crippen molar-refractivity contribution in [1.29, 1.82) is 0 Å². The predicted molar refractivity (Wildman–Crippen MR) is 62.7 cm³/mol. The van der Waals surface area contributed by atoms with Crippen molar-refractivity contribution in [2.24, 2.45) is 5.73 Å². The van der Waals surface area contributed by atoms with Gasteiger partial charge in [-0.3, -0.25) is 19.1 Å². The maximum absolute atomic E-state index is 11.5. The smallest absolute Gasteiger partial charge is 0.273 e. The molecule has 2 aromatic rings. The summed E-state index contributed by atoms with van der Waals surface area (Å²) < 4.78 is 1.47. The Labute approximate surface area is 97.5 Å². The van der Waals surface area contributed by atoms with E-state index in [0.29, 0.717) is 0 Å². The van der Waals surface area contributed by atoms with E-state index in [9.17, 15) is 9.59 Å². The highest BCUT2D eigenvalue weighted by Gasteiger charge is 2.01. The third kappa shape index (κ3) is 2.57. The molecule has 17 heavy (non-hydrogen) atoms. The number of carbonyl (C=O) groups is 1. The van der Waals surface area contributed by atoms with Crippen molar-refractivity contribution in [2.75, 3.05) is 0 Å². The Hall–Kier alpha value is -2.43. The van der Waals surface area contributed by atoms with Crippen LogP contribution in [0.5, 0.6) is 0 Å². The summed E-state index contributed by atoms with van der Waals surface area (Å²) in [7, 11) is 0. The van der Waals surface area contributed by atoms with Gasteiger partial charge in [-0.05, 0) is 17.7 Å². The van der Waals surface area contributed by atoms with Gasteiger partial charge in [0.1, 0.15) is 0 Å². The Morgan fingerprint density at radius 2 is 2.00 bits per heavy atom. The van der Waals surface area contributed by atoms with Crippen molar-refractivity contribution in [2.45, 2.75) is 6.42 Å². The Morgan fingerprint density at radius 1 is 1.29 bits per heavy atom. The number of aromatic nitrogens is 2. The average molecular weight is 229 g/mol. The molecule has 1 amide bonds. The Morgan fingerprint density at radius 3 is 2.59 bits per heavy atom. The van der Waals surface area contributed by atoms with E-state index >= 15 is 0 Å². The molecule has 1 aromatic carbocycles. The average Bonchev–Trinajstić information content (AvgIpc) is 2.30. The fourth-order valence-electron chi connectivity index (χ4n) is 1.54. The number of rotatable bonds is 3. The van der Waals surface area contributed by atoms with E-state index < -0.39 is 0 Å². The first-order valence-electron chi connectivity index (χ1n) is 5.07. The van der Waals surface area contributed by atoms with Crippen LogP contribution < -0.4 is 11.3 Å². The first-order valence-corrected chi connectivity index (χ1v) is 5.07. The lowest BCUT2D eigenvalue weighted by molar-refractivity contribution is -0.117. The highest BCUT2D eigenvalue weighted by molar-refractivity contribution is 5.76. The van der Waals surface area contributed by atoms with Gasteiger partial charge in [-0.2, -0.15) is 0 Å². The van der Waals surface area contributed by atoms with Gasteiger partial charge in [0, 0.05) is 18.1 Å². The molecule has 0 radical (unpaired) electrons. The zero-order valence-corrected chi connectivity index (χ0v) is 9.04. The molecule has 0 fully saturated rings. The minimum atomic E-state index is -0.376. The molecule has 0 unspecified atom stereocenters. The van der Waals surface area contributed by atoms with E-state index in [1.54, 1.807) is 36.7 Å². The van der Waals surface area contributed by atoms with E-state index in [1.807, 2.05) is 0 Å². The third-order valence-corrected chi connectivity index (χ3v) is 2.32. The number of hydrogen-bond acceptors (Lipinski definition) is 3. The molecule has 2 N–H and O–H groups in total. The van der Waals surface area contributed by atoms with Crippen molar-refractivity contribution in [3.05, 3.63) is 58.8 Å². The largest absolute Gasteiger partial charge is 0.369 e. The summed E-state index contributed by atoms with van der Waals surface area (Å²) >= 11 is 0. The van der Waals surface area contributed by atoms with Gasteiger partial charge in [-0.25, -0.2) is 0 Å². The van der Waals surface area contributed by atoms with Crippen LogP contribution >= 0.6 is 0 Å². The summed E-state index contributed by atoms with van der Waals surface area (Å²) in [5.74, 6) is -0.376. The maximum atomic E-state index is 11.5. The number of primary amides is 1. The van der Waals surface area contributed by atoms with Crippen LogP contribution in [0, 0.1) is 0 Å². The van der Waals surface area contributed by atoms with Gasteiger partial charge in [-0.15, -0.1) is 0 Å². The lowest BCUT2D eigenvalue weighted by atomic mass is 10.1. The van der Waals surface area contributed by atoms with Crippen LogP contribution in [0.1, 0.15) is 5.56 Å². The van der Waals surface area contributed by atoms with E-state index in [0.717, 1.165) is 11.3 Å². The van der Waals surface area contributed by atoms with Gasteiger partial charge in [0.05, 0.1) is 12.6 Å². The van der Waals surface area contributed by atoms with Crippen molar-refractivity contribution in [3.63, 3.8) is 0 Å². The highest BCUT2D eigenvalue weighted by atomic mass is 16.1. The number of amides is 1. The summed E-state index contributed by atoms with van der Waals surface area (Å²) in [5, 5.41) is 0. The van der Waals surface area contributed by atoms with Crippen LogP contribution in [0.15, 0.2) is 47.7 Å². The molecule has 86 valence electrons. The Balaban J connectivity index is 2.33. The summed E-state index contributed by atoms with van der Waals surface area (Å²) in [6.07, 6.45) is 4.58. The fourth-order valence-corrected chi connectivity index (χ4v) is 1.54. The maximum Gasteiger partial charge on any atom is 0.273 e. The number of benzene rings is 1. The fraction of sp³-hybridized carbons (Fsp3) is 0.0833. The molecule has 0 aliphatic rings. The van der Waals surface area contributed by atoms with Gasteiger partial charge in [0.15, 0.2) is 0 Å². The molecule has 0 saturated carbocycles. The summed E-state index contributed by atoms with van der Waals surface area (Å²) in [4.78, 5) is 26.0. The van der Waals surface area contributed by atoms with Gasteiger partial charge in [0.2, 0.25) is 5.91 Å². The molecule has 1 aromatic heterocycles. The van der Waals surface area contributed by atoms with Crippen LogP contribution in [-0.4, -0.2) is 15.5 Å². The first-order chi connectivity index (χ1) is 8.16. The van der Waals surface area contributed by atoms with Crippen LogP contribution in [0.25, 0.3) is 5.69 Å². The summed E-state index contributed by atoms with van der Waals surface area (Å²) in [6, 6.07) is 7.07. The normalized spacial score (nSPS) is 10.1. The number of nitrogens with zero attached hydrogens (tertiary/aromatic N) is 2. The SMILES string of the molecule is NC(=O)Cc1ccc(-n2ccncc2=O)cc1. The first kappa shape index (κ1) is 11.1. The molecule has 0 saturated heterocycles. The lowest BCUT2D eigenvalue weighted by Crippen LogP contribution is -2.17. The summed E-state index contributed by atoms with van der Waals surface area (Å²) in [5.41, 5.74) is 6.45. The third-order valence-electron chi connectivity index (χ3n) is 2.32. The van der Waals surface area contributed by atoms with Gasteiger partial charge in [-0.1, -0.05) is 12.1 Å². The predicted octanol–water partition coefficient (Wildman–Crippen LogP) is 0.260. The highest BCUT2D eigenvalue weighted by Crippen LogP contribution is 2.07. The van der Waals surface area contributed by atoms with E-state index in [2.05, 4.69) is 4.98 Å². The molecule has 0 bridgehead atoms. The monoisotopic (exact) mass is 229 g/mol. The van der Waals surface area contributed by atoms with E-state index in [1.165, 1.54) is 10.8 Å². The molecule has 5 heteroatoms. The molecule has 2 rings (SSSR count). The van der Waals surface area contributed by atoms with Crippen LogP contribution in [0.4, 0.5) is 0 Å². The number of nitrogens with two attached hydrogens (primary N) is 1. The second kappa shape index (κ2) is 4.61. The second-order valence-corrected chi connectivity index (χ2v) is 3.59. The number of carbonyl (C=O) groups excluding carboxylic acids is 1. The molecular weight excluding hydrogens is 218 g/mol. The molecular formula is C12H11N3O2. The molecule has 1 heterocycles. The van der Waals surface area contributed by atoms with Crippen LogP contribution in [-0.2, 0) is 11.2 Å². The minimum absolute atomic E-state index is 0.199. The lowest BCUT2D eigenvalue weighted by Gasteiger charge is -2.05. The molecule has 0 atom stereocenters. The molecule has 0 spiro atoms. The molecule has 0 aliphatic carbocycles. The van der Waals surface area contributed by atoms with Crippen molar-refractivity contribution in [1.82, 2.24) is 9.55 Å². The topological polar surface area (TPSA) is 78.0 Å². The quantitative estimate of drug-likeness (QED) is 0.820. The second-order valence-electron chi connectivity index (χ2n) is 3.59. The van der Waals surface area contributed by atoms with Gasteiger partial charge in [0.25, 0.3) is 5.56 Å². The molecule has 5 nitrogen and oxygen atoms in total. The van der Waals surface area contributed by atoms with Crippen molar-refractivity contribution >= 4 is 5.91 Å². The Bertz CT molecular complexity index is 587. The van der Waals surface area contributed by atoms with Crippen molar-refractivity contribution in [3.8, 4) is 5.69 Å². The standard InChI is InChI=1S/C12H11N3O2/c13-11(16)7-9-1-3-10(4-2-9)15-6-5-14-8-12(15)17/h1-6,8H,7H2,(H2,13,16). The van der Waals surface area contributed by atoms with Crippen LogP contribution in [0.2, 0.25) is 0 Å². The molecule has 0 aliphatic heterocycles. The van der Waals surface area contributed by atoms with Crippen molar-refractivity contribution < 1.29 is 4.79 Å². The zero-order chi connectivity index (χ0) is 12.3. The van der Waals surface area contributed by atoms with E-state index in [-0.39, 0.29) is 17.9 Å². The van der Waals surface area contributed by atoms with Gasteiger partial charge >= 0.3 is 0 Å².